The van der Waals surface area contributed by atoms with Crippen LogP contribution in [0.25, 0.3) is 5.53 Å². The van der Waals surface area contributed by atoms with Crippen LogP contribution in [0.15, 0.2) is 24.3 Å². The standard InChI is InChI=1S/C10H10N2O2/c1-7(13)10(12-11)8-5-3-4-6-9(8)14-2/h3-6H,1-2H3. The summed E-state index contributed by atoms with van der Waals surface area (Å²) in [6.45, 7) is 1.33. The number of ketones is 1. The van der Waals surface area contributed by atoms with Crippen molar-refractivity contribution in [3.8, 4) is 5.75 Å². The topological polar surface area (TPSA) is 62.7 Å². The van der Waals surface area contributed by atoms with Gasteiger partial charge in [0.15, 0.2) is 0 Å². The van der Waals surface area contributed by atoms with Crippen molar-refractivity contribution >= 4 is 11.5 Å². The van der Waals surface area contributed by atoms with Crippen molar-refractivity contribution in [3.63, 3.8) is 0 Å². The minimum absolute atomic E-state index is 0.00227. The molecule has 0 aliphatic rings. The second-order valence-electron chi connectivity index (χ2n) is 2.71. The molecular formula is C10H10N2O2. The maximum Gasteiger partial charge on any atom is 0.368 e. The molecule has 0 amide bonds. The van der Waals surface area contributed by atoms with Crippen LogP contribution < -0.4 is 4.74 Å². The van der Waals surface area contributed by atoms with Crippen LogP contribution >= 0.6 is 0 Å². The lowest BCUT2D eigenvalue weighted by atomic mass is 10.1. The van der Waals surface area contributed by atoms with Crippen LogP contribution in [0.2, 0.25) is 0 Å². The second-order valence-corrected chi connectivity index (χ2v) is 2.71. The van der Waals surface area contributed by atoms with Crippen LogP contribution in [-0.2, 0) is 4.79 Å². The van der Waals surface area contributed by atoms with Gasteiger partial charge < -0.3 is 10.3 Å². The van der Waals surface area contributed by atoms with Gasteiger partial charge in [-0.15, -0.1) is 0 Å². The summed E-state index contributed by atoms with van der Waals surface area (Å²) in [6, 6.07) is 6.88. The summed E-state index contributed by atoms with van der Waals surface area (Å²) in [7, 11) is 1.49. The molecule has 0 aliphatic carbocycles. The average molecular weight is 190 g/mol. The summed E-state index contributed by atoms with van der Waals surface area (Å²) in [5.74, 6) is 0.201. The van der Waals surface area contributed by atoms with Gasteiger partial charge in [-0.2, -0.15) is 4.79 Å². The van der Waals surface area contributed by atoms with E-state index in [1.807, 2.05) is 0 Å². The zero-order chi connectivity index (χ0) is 10.6. The highest BCUT2D eigenvalue weighted by Gasteiger charge is 2.21. The molecule has 0 bridgehead atoms. The molecule has 0 radical (unpaired) electrons. The van der Waals surface area contributed by atoms with Crippen LogP contribution in [0.1, 0.15) is 12.5 Å². The molecular weight excluding hydrogens is 180 g/mol. The van der Waals surface area contributed by atoms with Gasteiger partial charge in [-0.3, -0.25) is 4.79 Å². The van der Waals surface area contributed by atoms with Gasteiger partial charge in [-0.25, -0.2) is 0 Å². The Balaban J connectivity index is 3.30. The zero-order valence-electron chi connectivity index (χ0n) is 8.02. The van der Waals surface area contributed by atoms with E-state index in [2.05, 4.69) is 4.79 Å². The number of carbonyl (C=O) groups excluding carboxylic acids is 1. The molecule has 4 nitrogen and oxygen atoms in total. The van der Waals surface area contributed by atoms with Gasteiger partial charge in [0.2, 0.25) is 5.78 Å². The van der Waals surface area contributed by atoms with E-state index in [1.54, 1.807) is 24.3 Å². The molecule has 72 valence electrons. The Morgan fingerprint density at radius 3 is 2.57 bits per heavy atom. The lowest BCUT2D eigenvalue weighted by Gasteiger charge is -2.02. The Morgan fingerprint density at radius 2 is 2.07 bits per heavy atom. The Hall–Kier alpha value is -1.93. The third-order valence-electron chi connectivity index (χ3n) is 1.80. The van der Waals surface area contributed by atoms with Crippen molar-refractivity contribution in [2.45, 2.75) is 6.92 Å². The number of hydrogen-bond acceptors (Lipinski definition) is 2. The molecule has 14 heavy (non-hydrogen) atoms. The summed E-state index contributed by atoms with van der Waals surface area (Å²) in [6.07, 6.45) is 0. The summed E-state index contributed by atoms with van der Waals surface area (Å²) in [5, 5.41) is 0. The minimum atomic E-state index is -0.308. The molecule has 0 unspecified atom stereocenters. The number of para-hydroxylation sites is 1. The van der Waals surface area contributed by atoms with E-state index in [4.69, 9.17) is 10.3 Å². The van der Waals surface area contributed by atoms with E-state index in [0.717, 1.165) is 0 Å². The summed E-state index contributed by atoms with van der Waals surface area (Å²) in [4.78, 5) is 14.1. The Morgan fingerprint density at radius 1 is 1.43 bits per heavy atom. The number of nitrogens with zero attached hydrogens (tertiary/aromatic N) is 2. The predicted octanol–water partition coefficient (Wildman–Crippen LogP) is 1.30. The van der Waals surface area contributed by atoms with Crippen LogP contribution in [-0.4, -0.2) is 23.4 Å². The number of hydrogen-bond donors (Lipinski definition) is 0. The maximum atomic E-state index is 11.1. The summed E-state index contributed by atoms with van der Waals surface area (Å²) < 4.78 is 5.03. The molecule has 0 saturated carbocycles. The van der Waals surface area contributed by atoms with Crippen molar-refractivity contribution in [2.75, 3.05) is 7.11 Å². The molecule has 0 aromatic heterocycles. The van der Waals surface area contributed by atoms with Gasteiger partial charge in [-0.05, 0) is 12.1 Å². The van der Waals surface area contributed by atoms with E-state index in [-0.39, 0.29) is 11.5 Å². The highest BCUT2D eigenvalue weighted by atomic mass is 16.5. The molecule has 1 aromatic rings. The van der Waals surface area contributed by atoms with Crippen molar-refractivity contribution in [1.82, 2.24) is 0 Å². The highest BCUT2D eigenvalue weighted by molar-refractivity contribution is 6.43. The van der Waals surface area contributed by atoms with Gasteiger partial charge in [0.25, 0.3) is 0 Å². The molecule has 0 spiro atoms. The Kier molecular flexibility index (Phi) is 3.15. The van der Waals surface area contributed by atoms with Gasteiger partial charge >= 0.3 is 5.71 Å². The fourth-order valence-electron chi connectivity index (χ4n) is 1.15. The largest absolute Gasteiger partial charge is 0.496 e. The van der Waals surface area contributed by atoms with Crippen molar-refractivity contribution in [2.24, 2.45) is 0 Å². The fraction of sp³-hybridized carbons (Fsp3) is 0.200. The van der Waals surface area contributed by atoms with Crippen molar-refractivity contribution in [1.29, 1.82) is 0 Å². The number of carbonyl (C=O) groups is 1. The van der Waals surface area contributed by atoms with E-state index in [1.165, 1.54) is 14.0 Å². The number of rotatable bonds is 3. The van der Waals surface area contributed by atoms with Crippen LogP contribution in [0.5, 0.6) is 5.75 Å². The second kappa shape index (κ2) is 4.35. The normalized spacial score (nSPS) is 9.00. The van der Waals surface area contributed by atoms with Gasteiger partial charge in [0, 0.05) is 6.92 Å². The fourth-order valence-corrected chi connectivity index (χ4v) is 1.15. The zero-order valence-corrected chi connectivity index (χ0v) is 8.02. The molecule has 0 atom stereocenters. The van der Waals surface area contributed by atoms with E-state index in [0.29, 0.717) is 11.3 Å². The average Bonchev–Trinajstić information content (AvgIpc) is 2.19. The predicted molar refractivity (Wildman–Crippen MR) is 51.4 cm³/mol. The lowest BCUT2D eigenvalue weighted by Crippen LogP contribution is -2.13. The smallest absolute Gasteiger partial charge is 0.368 e. The molecule has 0 aliphatic heterocycles. The molecule has 0 N–H and O–H groups in total. The SMILES string of the molecule is COc1ccccc1C(=[N+]=[N-])C(C)=O. The first-order valence-electron chi connectivity index (χ1n) is 4.07. The first-order valence-corrected chi connectivity index (χ1v) is 4.07. The third-order valence-corrected chi connectivity index (χ3v) is 1.80. The summed E-state index contributed by atoms with van der Waals surface area (Å²) >= 11 is 0. The maximum absolute atomic E-state index is 11.1. The molecule has 0 heterocycles. The van der Waals surface area contributed by atoms with E-state index >= 15 is 0 Å². The first-order chi connectivity index (χ1) is 6.70. The third kappa shape index (κ3) is 1.87. The first kappa shape index (κ1) is 10.2. The highest BCUT2D eigenvalue weighted by Crippen LogP contribution is 2.17. The number of Topliss-reactive ketones (excluding diaryl/α,β-unsaturated/α-hetero) is 1. The Labute approximate surface area is 81.7 Å². The number of ether oxygens (including phenoxy) is 1. The molecule has 4 heteroatoms. The van der Waals surface area contributed by atoms with E-state index < -0.39 is 0 Å². The van der Waals surface area contributed by atoms with Crippen LogP contribution in [0.3, 0.4) is 0 Å². The van der Waals surface area contributed by atoms with Gasteiger partial charge in [0.05, 0.1) is 7.11 Å². The van der Waals surface area contributed by atoms with Crippen LogP contribution in [0, 0.1) is 0 Å². The van der Waals surface area contributed by atoms with Crippen LogP contribution in [0.4, 0.5) is 0 Å². The molecule has 0 fully saturated rings. The monoisotopic (exact) mass is 190 g/mol. The van der Waals surface area contributed by atoms with Crippen molar-refractivity contribution in [3.05, 3.63) is 35.4 Å². The number of benzene rings is 1. The Bertz CT molecular complexity index is 406. The minimum Gasteiger partial charge on any atom is -0.496 e. The lowest BCUT2D eigenvalue weighted by molar-refractivity contribution is -0.115. The molecule has 1 aromatic carbocycles. The molecule has 0 saturated heterocycles. The van der Waals surface area contributed by atoms with Gasteiger partial charge in [-0.1, -0.05) is 12.1 Å². The van der Waals surface area contributed by atoms with E-state index in [9.17, 15) is 4.79 Å². The van der Waals surface area contributed by atoms with Gasteiger partial charge in [0.1, 0.15) is 11.3 Å². The quantitative estimate of drug-likeness (QED) is 0.409. The van der Waals surface area contributed by atoms with Crippen molar-refractivity contribution < 1.29 is 14.3 Å². The number of methoxy groups -OCH3 is 1. The molecule has 1 rings (SSSR count). The summed E-state index contributed by atoms with van der Waals surface area (Å²) in [5.41, 5.74) is 9.17.